The molecule has 4 rings (SSSR count). The number of aromatic nitrogens is 1. The van der Waals surface area contributed by atoms with Crippen molar-refractivity contribution in [3.8, 4) is 11.8 Å². The molecule has 0 spiro atoms. The van der Waals surface area contributed by atoms with E-state index in [4.69, 9.17) is 9.15 Å². The highest BCUT2D eigenvalue weighted by Gasteiger charge is 2.26. The van der Waals surface area contributed by atoms with Crippen molar-refractivity contribution in [2.75, 3.05) is 38.2 Å². The number of benzene rings is 2. The number of carbonyl (C=O) groups excluding carboxylic acids is 1. The van der Waals surface area contributed by atoms with Gasteiger partial charge in [-0.1, -0.05) is 12.1 Å². The maximum absolute atomic E-state index is 13.0. The average Bonchev–Trinajstić information content (AvgIpc) is 3.27. The number of amides is 1. The van der Waals surface area contributed by atoms with E-state index < -0.39 is 0 Å². The summed E-state index contributed by atoms with van der Waals surface area (Å²) >= 11 is 0. The van der Waals surface area contributed by atoms with Gasteiger partial charge in [-0.15, -0.1) is 0 Å². The lowest BCUT2D eigenvalue weighted by Gasteiger charge is -2.34. The van der Waals surface area contributed by atoms with Crippen LogP contribution in [-0.4, -0.2) is 49.1 Å². The number of hydrogen-bond acceptors (Lipinski definition) is 6. The number of halogens is 1. The molecule has 162 valence electrons. The first-order valence-electron chi connectivity index (χ1n) is 10.1. The summed E-state index contributed by atoms with van der Waals surface area (Å²) < 4.78 is 24.0. The summed E-state index contributed by atoms with van der Waals surface area (Å²) in [5.41, 5.74) is 1.58. The molecule has 1 fully saturated rings. The van der Waals surface area contributed by atoms with Gasteiger partial charge in [0, 0.05) is 37.8 Å². The number of methoxy groups -OCH3 is 1. The molecular weight excluding hydrogens is 411 g/mol. The Hall–Kier alpha value is -4.12. The Balaban J connectivity index is 1.42. The lowest BCUT2D eigenvalue weighted by Crippen LogP contribution is -2.48. The highest BCUT2D eigenvalue weighted by Crippen LogP contribution is 2.25. The van der Waals surface area contributed by atoms with Crippen LogP contribution in [0.4, 0.5) is 10.3 Å². The quantitative estimate of drug-likeness (QED) is 0.610. The summed E-state index contributed by atoms with van der Waals surface area (Å²) in [6.45, 7) is 2.04. The van der Waals surface area contributed by atoms with Gasteiger partial charge in [-0.05, 0) is 48.0 Å². The summed E-state index contributed by atoms with van der Waals surface area (Å²) in [6.07, 6.45) is 3.38. The van der Waals surface area contributed by atoms with Crippen molar-refractivity contribution in [3.05, 3.63) is 77.1 Å². The van der Waals surface area contributed by atoms with Crippen LogP contribution in [0, 0.1) is 17.1 Å². The number of oxazole rings is 1. The number of carbonyl (C=O) groups is 1. The number of rotatable bonds is 5. The van der Waals surface area contributed by atoms with E-state index in [1.807, 2.05) is 4.90 Å². The van der Waals surface area contributed by atoms with E-state index in [0.717, 1.165) is 5.56 Å². The maximum Gasteiger partial charge on any atom is 0.253 e. The summed E-state index contributed by atoms with van der Waals surface area (Å²) in [7, 11) is 1.58. The van der Waals surface area contributed by atoms with Crippen LogP contribution in [-0.2, 0) is 0 Å². The number of ether oxygens (including phenoxy) is 1. The number of hydrogen-bond donors (Lipinski definition) is 0. The maximum atomic E-state index is 13.0. The van der Waals surface area contributed by atoms with Gasteiger partial charge < -0.3 is 19.0 Å². The smallest absolute Gasteiger partial charge is 0.253 e. The second-order valence-corrected chi connectivity index (χ2v) is 7.21. The molecule has 1 amide bonds. The monoisotopic (exact) mass is 432 g/mol. The largest absolute Gasteiger partial charge is 0.497 e. The van der Waals surface area contributed by atoms with E-state index in [-0.39, 0.29) is 23.3 Å². The van der Waals surface area contributed by atoms with Crippen molar-refractivity contribution in [3.63, 3.8) is 0 Å². The molecular formula is C24H21FN4O3. The van der Waals surface area contributed by atoms with Gasteiger partial charge in [-0.25, -0.2) is 4.39 Å². The van der Waals surface area contributed by atoms with Gasteiger partial charge in [0.1, 0.15) is 17.6 Å². The van der Waals surface area contributed by atoms with Crippen LogP contribution >= 0.6 is 0 Å². The molecule has 1 aliphatic rings. The third kappa shape index (κ3) is 4.62. The number of nitriles is 1. The zero-order chi connectivity index (χ0) is 22.5. The standard InChI is InChI=1S/C24H21FN4O3/c1-31-20-9-5-18(6-10-20)23(30)28-12-14-29(15-13-28)24-21(16-26)27-22(32-24)11-4-17-2-7-19(25)8-3-17/h2-11H,12-15H2,1H3. The lowest BCUT2D eigenvalue weighted by molar-refractivity contribution is 0.0745. The second kappa shape index (κ2) is 9.35. The third-order valence-corrected chi connectivity index (χ3v) is 5.21. The molecule has 0 unspecified atom stereocenters. The molecule has 0 atom stereocenters. The van der Waals surface area contributed by atoms with Crippen molar-refractivity contribution in [1.29, 1.82) is 5.26 Å². The van der Waals surface area contributed by atoms with Crippen molar-refractivity contribution in [2.24, 2.45) is 0 Å². The van der Waals surface area contributed by atoms with Gasteiger partial charge in [0.15, 0.2) is 0 Å². The SMILES string of the molecule is COc1ccc(C(=O)N2CCN(c3oc(C=Cc4ccc(F)cc4)nc3C#N)CC2)cc1. The van der Waals surface area contributed by atoms with Gasteiger partial charge in [0.25, 0.3) is 5.91 Å². The van der Waals surface area contributed by atoms with Crippen molar-refractivity contribution < 1.29 is 18.3 Å². The zero-order valence-corrected chi connectivity index (χ0v) is 17.5. The Morgan fingerprint density at radius 2 is 1.78 bits per heavy atom. The predicted molar refractivity (Wildman–Crippen MR) is 118 cm³/mol. The summed E-state index contributed by atoms with van der Waals surface area (Å²) in [4.78, 5) is 20.7. The number of piperazine rings is 1. The second-order valence-electron chi connectivity index (χ2n) is 7.21. The molecule has 1 saturated heterocycles. The van der Waals surface area contributed by atoms with Gasteiger partial charge >= 0.3 is 0 Å². The van der Waals surface area contributed by atoms with Crippen LogP contribution in [0.15, 0.2) is 52.9 Å². The number of anilines is 1. The summed E-state index contributed by atoms with van der Waals surface area (Å²) in [5.74, 6) is 1.02. The molecule has 0 radical (unpaired) electrons. The van der Waals surface area contributed by atoms with Crippen molar-refractivity contribution >= 4 is 23.9 Å². The Morgan fingerprint density at radius 3 is 2.41 bits per heavy atom. The lowest BCUT2D eigenvalue weighted by atomic mass is 10.1. The molecule has 0 N–H and O–H groups in total. The Kier molecular flexibility index (Phi) is 6.17. The highest BCUT2D eigenvalue weighted by atomic mass is 19.1. The van der Waals surface area contributed by atoms with Crippen LogP contribution in [0.3, 0.4) is 0 Å². The summed E-state index contributed by atoms with van der Waals surface area (Å²) in [5, 5.41) is 9.47. The zero-order valence-electron chi connectivity index (χ0n) is 17.5. The molecule has 8 heteroatoms. The fourth-order valence-corrected chi connectivity index (χ4v) is 3.46. The normalized spacial score (nSPS) is 13.9. The Bertz CT molecular complexity index is 1160. The van der Waals surface area contributed by atoms with Crippen molar-refractivity contribution in [1.82, 2.24) is 9.88 Å². The minimum absolute atomic E-state index is 0.0479. The first kappa shape index (κ1) is 21.1. The molecule has 0 saturated carbocycles. The molecule has 32 heavy (non-hydrogen) atoms. The minimum atomic E-state index is -0.308. The van der Waals surface area contributed by atoms with Crippen LogP contribution in [0.25, 0.3) is 12.2 Å². The van der Waals surface area contributed by atoms with E-state index in [9.17, 15) is 14.4 Å². The molecule has 0 bridgehead atoms. The number of nitrogens with zero attached hydrogens (tertiary/aromatic N) is 4. The van der Waals surface area contributed by atoms with Crippen molar-refractivity contribution in [2.45, 2.75) is 0 Å². The first-order chi connectivity index (χ1) is 15.6. The molecule has 1 aliphatic heterocycles. The van der Waals surface area contributed by atoms with Crippen LogP contribution in [0.2, 0.25) is 0 Å². The van der Waals surface area contributed by atoms with Crippen LogP contribution in [0.1, 0.15) is 27.5 Å². The fourth-order valence-electron chi connectivity index (χ4n) is 3.46. The van der Waals surface area contributed by atoms with E-state index in [0.29, 0.717) is 43.4 Å². The topological polar surface area (TPSA) is 82.6 Å². The van der Waals surface area contributed by atoms with Crippen LogP contribution in [0.5, 0.6) is 5.75 Å². The van der Waals surface area contributed by atoms with Crippen LogP contribution < -0.4 is 9.64 Å². The fraction of sp³-hybridized carbons (Fsp3) is 0.208. The Morgan fingerprint density at radius 1 is 1.09 bits per heavy atom. The van der Waals surface area contributed by atoms with E-state index in [1.165, 1.54) is 12.1 Å². The van der Waals surface area contributed by atoms with Gasteiger partial charge in [0.2, 0.25) is 17.5 Å². The molecule has 7 nitrogen and oxygen atoms in total. The summed E-state index contributed by atoms with van der Waals surface area (Å²) in [6, 6.07) is 15.1. The molecule has 1 aromatic heterocycles. The van der Waals surface area contributed by atoms with E-state index in [2.05, 4.69) is 11.1 Å². The van der Waals surface area contributed by atoms with Gasteiger partial charge in [-0.2, -0.15) is 10.2 Å². The highest BCUT2D eigenvalue weighted by molar-refractivity contribution is 5.94. The Labute approximate surface area is 185 Å². The third-order valence-electron chi connectivity index (χ3n) is 5.21. The van der Waals surface area contributed by atoms with Gasteiger partial charge in [0.05, 0.1) is 7.11 Å². The van der Waals surface area contributed by atoms with E-state index in [1.54, 1.807) is 60.6 Å². The minimum Gasteiger partial charge on any atom is -0.497 e. The van der Waals surface area contributed by atoms with Gasteiger partial charge in [-0.3, -0.25) is 4.79 Å². The predicted octanol–water partition coefficient (Wildman–Crippen LogP) is 3.83. The average molecular weight is 432 g/mol. The molecule has 0 aliphatic carbocycles. The molecule has 2 heterocycles. The first-order valence-corrected chi connectivity index (χ1v) is 10.1. The molecule has 2 aromatic carbocycles. The molecule has 3 aromatic rings. The van der Waals surface area contributed by atoms with E-state index >= 15 is 0 Å².